The summed E-state index contributed by atoms with van der Waals surface area (Å²) in [5.41, 5.74) is 0.175. The van der Waals surface area contributed by atoms with E-state index in [-0.39, 0.29) is 18.0 Å². The molecule has 0 aromatic heterocycles. The van der Waals surface area contributed by atoms with Gasteiger partial charge in [-0.2, -0.15) is 0 Å². The van der Waals surface area contributed by atoms with E-state index in [1.807, 2.05) is 0 Å². The minimum atomic E-state index is -0.993. The molecule has 0 unspecified atom stereocenters. The molecule has 0 bridgehead atoms. The maximum absolute atomic E-state index is 11.8. The standard InChI is InChI=1S/C12H22N2O4/c1-3-14(8-10(15)16)11(17)13-9-12(4-5-12)6-7-18-2/h3-9H2,1-2H3,(H,13,17)(H,15,16). The number of hydrogen-bond donors (Lipinski definition) is 2. The predicted octanol–water partition coefficient (Wildman–Crippen LogP) is 0.919. The van der Waals surface area contributed by atoms with Crippen LogP contribution in [-0.4, -0.2) is 55.4 Å². The van der Waals surface area contributed by atoms with Gasteiger partial charge in [0.1, 0.15) is 6.54 Å². The number of hydrogen-bond acceptors (Lipinski definition) is 3. The fraction of sp³-hybridized carbons (Fsp3) is 0.833. The van der Waals surface area contributed by atoms with Gasteiger partial charge in [0.15, 0.2) is 0 Å². The molecule has 2 N–H and O–H groups in total. The molecule has 0 saturated heterocycles. The lowest BCUT2D eigenvalue weighted by molar-refractivity contribution is -0.137. The molecule has 1 fully saturated rings. The summed E-state index contributed by atoms with van der Waals surface area (Å²) in [5, 5.41) is 11.5. The Morgan fingerprint density at radius 3 is 2.56 bits per heavy atom. The van der Waals surface area contributed by atoms with E-state index in [0.29, 0.717) is 19.7 Å². The van der Waals surface area contributed by atoms with Crippen LogP contribution in [0.2, 0.25) is 0 Å². The van der Waals surface area contributed by atoms with Crippen molar-refractivity contribution in [3.8, 4) is 0 Å². The van der Waals surface area contributed by atoms with Crippen molar-refractivity contribution >= 4 is 12.0 Å². The van der Waals surface area contributed by atoms with Crippen LogP contribution in [0.4, 0.5) is 4.79 Å². The summed E-state index contributed by atoms with van der Waals surface area (Å²) < 4.78 is 5.04. The number of ether oxygens (including phenoxy) is 1. The molecule has 6 nitrogen and oxygen atoms in total. The van der Waals surface area contributed by atoms with Gasteiger partial charge in [-0.25, -0.2) is 4.79 Å². The van der Waals surface area contributed by atoms with Crippen LogP contribution in [0.3, 0.4) is 0 Å². The molecular formula is C12H22N2O4. The molecule has 104 valence electrons. The zero-order valence-electron chi connectivity index (χ0n) is 11.1. The number of nitrogens with one attached hydrogen (secondary N) is 1. The summed E-state index contributed by atoms with van der Waals surface area (Å²) in [5.74, 6) is -0.993. The van der Waals surface area contributed by atoms with Gasteiger partial charge in [-0.15, -0.1) is 0 Å². The number of urea groups is 1. The summed E-state index contributed by atoms with van der Waals surface area (Å²) in [4.78, 5) is 23.7. The minimum Gasteiger partial charge on any atom is -0.480 e. The molecule has 0 aromatic carbocycles. The highest BCUT2D eigenvalue weighted by Crippen LogP contribution is 2.48. The second kappa shape index (κ2) is 6.58. The van der Waals surface area contributed by atoms with Gasteiger partial charge in [0, 0.05) is 26.8 Å². The number of carbonyl (C=O) groups is 2. The monoisotopic (exact) mass is 258 g/mol. The van der Waals surface area contributed by atoms with E-state index in [2.05, 4.69) is 5.32 Å². The molecule has 0 aliphatic heterocycles. The highest BCUT2D eigenvalue weighted by molar-refractivity contribution is 5.80. The van der Waals surface area contributed by atoms with Gasteiger partial charge in [-0.3, -0.25) is 4.79 Å². The fourth-order valence-electron chi connectivity index (χ4n) is 1.88. The second-order valence-corrected chi connectivity index (χ2v) is 4.81. The number of likely N-dealkylation sites (N-methyl/N-ethyl adjacent to an activating group) is 1. The molecule has 0 radical (unpaired) electrons. The highest BCUT2D eigenvalue weighted by Gasteiger charge is 2.42. The second-order valence-electron chi connectivity index (χ2n) is 4.81. The van der Waals surface area contributed by atoms with E-state index in [1.54, 1.807) is 14.0 Å². The Bertz CT molecular complexity index is 302. The van der Waals surface area contributed by atoms with Gasteiger partial charge in [-0.1, -0.05) is 0 Å². The smallest absolute Gasteiger partial charge is 0.323 e. The molecular weight excluding hydrogens is 236 g/mol. The van der Waals surface area contributed by atoms with Crippen molar-refractivity contribution in [3.63, 3.8) is 0 Å². The molecule has 1 aliphatic carbocycles. The topological polar surface area (TPSA) is 78.9 Å². The summed E-state index contributed by atoms with van der Waals surface area (Å²) in [7, 11) is 1.67. The first-order valence-corrected chi connectivity index (χ1v) is 6.26. The Hall–Kier alpha value is -1.30. The molecule has 1 aliphatic rings. The summed E-state index contributed by atoms with van der Waals surface area (Å²) in [6, 6.07) is -0.302. The number of aliphatic carboxylic acids is 1. The molecule has 6 heteroatoms. The lowest BCUT2D eigenvalue weighted by atomic mass is 10.0. The Kier molecular flexibility index (Phi) is 5.40. The summed E-state index contributed by atoms with van der Waals surface area (Å²) in [6.07, 6.45) is 3.14. The molecule has 1 rings (SSSR count). The molecule has 0 heterocycles. The zero-order valence-corrected chi connectivity index (χ0v) is 11.1. The minimum absolute atomic E-state index is 0.175. The first-order chi connectivity index (χ1) is 8.53. The van der Waals surface area contributed by atoms with Gasteiger partial charge in [0.05, 0.1) is 0 Å². The number of carboxylic acid groups (broad SMARTS) is 1. The van der Waals surface area contributed by atoms with Crippen LogP contribution in [0.1, 0.15) is 26.2 Å². The number of rotatable bonds is 8. The summed E-state index contributed by atoms with van der Waals surface area (Å²) >= 11 is 0. The zero-order chi connectivity index (χ0) is 13.6. The van der Waals surface area contributed by atoms with Gasteiger partial charge in [0.2, 0.25) is 0 Å². The van der Waals surface area contributed by atoms with Gasteiger partial charge in [-0.05, 0) is 31.6 Å². The van der Waals surface area contributed by atoms with Crippen LogP contribution in [0.5, 0.6) is 0 Å². The number of carboxylic acids is 1. The molecule has 0 aromatic rings. The number of nitrogens with zero attached hydrogens (tertiary/aromatic N) is 1. The van der Waals surface area contributed by atoms with Crippen LogP contribution in [0, 0.1) is 5.41 Å². The van der Waals surface area contributed by atoms with Crippen molar-refractivity contribution in [2.24, 2.45) is 5.41 Å². The quantitative estimate of drug-likeness (QED) is 0.678. The van der Waals surface area contributed by atoms with Crippen molar-refractivity contribution in [1.82, 2.24) is 10.2 Å². The predicted molar refractivity (Wildman–Crippen MR) is 66.4 cm³/mol. The van der Waals surface area contributed by atoms with E-state index in [0.717, 1.165) is 19.3 Å². The van der Waals surface area contributed by atoms with E-state index in [1.165, 1.54) is 4.90 Å². The lowest BCUT2D eigenvalue weighted by Crippen LogP contribution is -2.44. The molecule has 0 atom stereocenters. The van der Waals surface area contributed by atoms with Crippen molar-refractivity contribution in [1.29, 1.82) is 0 Å². The molecule has 2 amide bonds. The molecule has 18 heavy (non-hydrogen) atoms. The van der Waals surface area contributed by atoms with Crippen LogP contribution in [0.25, 0.3) is 0 Å². The Labute approximate surface area is 107 Å². The lowest BCUT2D eigenvalue weighted by Gasteiger charge is -2.22. The molecule has 0 spiro atoms. The third kappa shape index (κ3) is 4.52. The van der Waals surface area contributed by atoms with Crippen LogP contribution in [0.15, 0.2) is 0 Å². The molecule has 1 saturated carbocycles. The average Bonchev–Trinajstić information content (AvgIpc) is 3.11. The SMILES string of the molecule is CCN(CC(=O)O)C(=O)NCC1(CCOC)CC1. The van der Waals surface area contributed by atoms with Crippen molar-refractivity contribution < 1.29 is 19.4 Å². The van der Waals surface area contributed by atoms with Gasteiger partial charge in [0.25, 0.3) is 0 Å². The number of methoxy groups -OCH3 is 1. The third-order valence-corrected chi connectivity index (χ3v) is 3.40. The Morgan fingerprint density at radius 1 is 1.44 bits per heavy atom. The van der Waals surface area contributed by atoms with Gasteiger partial charge < -0.3 is 20.1 Å². The Morgan fingerprint density at radius 2 is 2.11 bits per heavy atom. The summed E-state index contributed by atoms with van der Waals surface area (Å²) in [6.45, 7) is 3.20. The normalized spacial score (nSPS) is 16.1. The van der Waals surface area contributed by atoms with Crippen molar-refractivity contribution in [2.45, 2.75) is 26.2 Å². The van der Waals surface area contributed by atoms with Crippen LogP contribution < -0.4 is 5.32 Å². The number of carbonyl (C=O) groups excluding carboxylic acids is 1. The highest BCUT2D eigenvalue weighted by atomic mass is 16.5. The largest absolute Gasteiger partial charge is 0.480 e. The third-order valence-electron chi connectivity index (χ3n) is 3.40. The Balaban J connectivity index is 2.33. The first kappa shape index (κ1) is 14.8. The maximum atomic E-state index is 11.8. The average molecular weight is 258 g/mol. The fourth-order valence-corrected chi connectivity index (χ4v) is 1.88. The van der Waals surface area contributed by atoms with E-state index in [9.17, 15) is 9.59 Å². The van der Waals surface area contributed by atoms with E-state index in [4.69, 9.17) is 9.84 Å². The van der Waals surface area contributed by atoms with Crippen LogP contribution in [-0.2, 0) is 9.53 Å². The van der Waals surface area contributed by atoms with E-state index >= 15 is 0 Å². The van der Waals surface area contributed by atoms with Gasteiger partial charge >= 0.3 is 12.0 Å². The number of amides is 2. The van der Waals surface area contributed by atoms with Crippen LogP contribution >= 0.6 is 0 Å². The van der Waals surface area contributed by atoms with Crippen molar-refractivity contribution in [3.05, 3.63) is 0 Å². The first-order valence-electron chi connectivity index (χ1n) is 6.26. The van der Waals surface area contributed by atoms with Crippen molar-refractivity contribution in [2.75, 3.05) is 33.4 Å². The van der Waals surface area contributed by atoms with E-state index < -0.39 is 5.97 Å². The maximum Gasteiger partial charge on any atom is 0.323 e.